The van der Waals surface area contributed by atoms with E-state index in [9.17, 15) is 9.18 Å². The standard InChI is InChI=1S/C25H28FN7O2/c1-17-3-4-18-16-21(25(34)27-22(18)15-17)23(24-28-29-30-33(24)13-14-35-2)32-11-9-31(10-12-32)20-7-5-19(26)6-8-20/h3-8,15-16,23H,9-14H2,1-2H3,(H,27,34). The molecule has 0 aliphatic carbocycles. The summed E-state index contributed by atoms with van der Waals surface area (Å²) in [5.41, 5.74) is 3.31. The Bertz CT molecular complexity index is 1360. The Kier molecular flexibility index (Phi) is 6.56. The number of aryl methyl sites for hydroxylation is 1. The summed E-state index contributed by atoms with van der Waals surface area (Å²) < 4.78 is 20.3. The lowest BCUT2D eigenvalue weighted by Crippen LogP contribution is -2.49. The normalized spacial score (nSPS) is 15.6. The number of tetrazole rings is 1. The number of aromatic nitrogens is 5. The average Bonchev–Trinajstić information content (AvgIpc) is 3.32. The second-order valence-corrected chi connectivity index (χ2v) is 8.80. The number of pyridine rings is 1. The van der Waals surface area contributed by atoms with Crippen molar-refractivity contribution >= 4 is 16.6 Å². The van der Waals surface area contributed by atoms with E-state index in [4.69, 9.17) is 4.74 Å². The smallest absolute Gasteiger partial charge is 0.253 e. The number of ether oxygens (including phenoxy) is 1. The Morgan fingerprint density at radius 3 is 2.60 bits per heavy atom. The molecule has 2 aromatic heterocycles. The van der Waals surface area contributed by atoms with E-state index in [1.165, 1.54) is 12.1 Å². The van der Waals surface area contributed by atoms with Crippen molar-refractivity contribution in [2.24, 2.45) is 0 Å². The number of halogens is 1. The summed E-state index contributed by atoms with van der Waals surface area (Å²) >= 11 is 0. The first-order chi connectivity index (χ1) is 17.0. The van der Waals surface area contributed by atoms with Crippen LogP contribution in [0, 0.1) is 12.7 Å². The van der Waals surface area contributed by atoms with Gasteiger partial charge in [0.05, 0.1) is 13.2 Å². The van der Waals surface area contributed by atoms with Gasteiger partial charge in [-0.2, -0.15) is 0 Å². The number of rotatable bonds is 7. The lowest BCUT2D eigenvalue weighted by molar-refractivity contribution is 0.171. The molecule has 0 saturated carbocycles. The predicted octanol–water partition coefficient (Wildman–Crippen LogP) is 2.52. The second-order valence-electron chi connectivity index (χ2n) is 8.80. The SMILES string of the molecule is COCCn1nnnc1C(c1cc2ccc(C)cc2[nH]c1=O)N1CCN(c2ccc(F)cc2)CC1. The van der Waals surface area contributed by atoms with E-state index in [0.717, 1.165) is 35.2 Å². The first-order valence-electron chi connectivity index (χ1n) is 11.7. The molecule has 10 heteroatoms. The van der Waals surface area contributed by atoms with E-state index in [2.05, 4.69) is 30.3 Å². The van der Waals surface area contributed by atoms with Crippen molar-refractivity contribution < 1.29 is 9.13 Å². The van der Waals surface area contributed by atoms with Crippen LogP contribution in [0.25, 0.3) is 10.9 Å². The zero-order valence-electron chi connectivity index (χ0n) is 19.8. The summed E-state index contributed by atoms with van der Waals surface area (Å²) in [7, 11) is 1.63. The highest BCUT2D eigenvalue weighted by atomic mass is 19.1. The van der Waals surface area contributed by atoms with Crippen LogP contribution in [0.4, 0.5) is 10.1 Å². The minimum absolute atomic E-state index is 0.157. The summed E-state index contributed by atoms with van der Waals surface area (Å²) in [6, 6.07) is 14.1. The van der Waals surface area contributed by atoms with Crippen molar-refractivity contribution in [3.8, 4) is 0 Å². The molecule has 1 saturated heterocycles. The highest BCUT2D eigenvalue weighted by Crippen LogP contribution is 2.29. The number of nitrogens with one attached hydrogen (secondary N) is 1. The maximum atomic E-state index is 13.4. The fourth-order valence-electron chi connectivity index (χ4n) is 4.67. The third-order valence-corrected chi connectivity index (χ3v) is 6.51. The van der Waals surface area contributed by atoms with Gasteiger partial charge >= 0.3 is 0 Å². The number of benzene rings is 2. The van der Waals surface area contributed by atoms with Gasteiger partial charge in [0.25, 0.3) is 5.56 Å². The first-order valence-corrected chi connectivity index (χ1v) is 11.7. The molecule has 2 aromatic carbocycles. The number of anilines is 1. The van der Waals surface area contributed by atoms with E-state index in [-0.39, 0.29) is 11.4 Å². The molecule has 5 rings (SSSR count). The molecular formula is C25H28FN7O2. The largest absolute Gasteiger partial charge is 0.383 e. The van der Waals surface area contributed by atoms with Gasteiger partial charge < -0.3 is 14.6 Å². The van der Waals surface area contributed by atoms with Crippen LogP contribution in [-0.4, -0.2) is 70.0 Å². The van der Waals surface area contributed by atoms with E-state index in [0.29, 0.717) is 37.6 Å². The number of methoxy groups -OCH3 is 1. The third kappa shape index (κ3) is 4.80. The molecule has 4 aromatic rings. The Balaban J connectivity index is 1.50. The number of hydrogen-bond acceptors (Lipinski definition) is 7. The lowest BCUT2D eigenvalue weighted by atomic mass is 10.0. The van der Waals surface area contributed by atoms with Gasteiger partial charge in [-0.15, -0.1) is 5.10 Å². The summed E-state index contributed by atoms with van der Waals surface area (Å²) in [6.45, 7) is 5.76. The molecule has 0 amide bonds. The van der Waals surface area contributed by atoms with Crippen molar-refractivity contribution in [3.63, 3.8) is 0 Å². The number of fused-ring (bicyclic) bond motifs is 1. The highest BCUT2D eigenvalue weighted by molar-refractivity contribution is 5.79. The van der Waals surface area contributed by atoms with Gasteiger partial charge in [-0.05, 0) is 64.7 Å². The Morgan fingerprint density at radius 1 is 1.09 bits per heavy atom. The third-order valence-electron chi connectivity index (χ3n) is 6.51. The summed E-state index contributed by atoms with van der Waals surface area (Å²) in [5.74, 6) is 0.357. The average molecular weight is 478 g/mol. The van der Waals surface area contributed by atoms with E-state index in [1.807, 2.05) is 31.2 Å². The number of nitrogens with zero attached hydrogens (tertiary/aromatic N) is 6. The summed E-state index contributed by atoms with van der Waals surface area (Å²) in [6.07, 6.45) is 0. The number of aromatic amines is 1. The van der Waals surface area contributed by atoms with E-state index >= 15 is 0 Å². The van der Waals surface area contributed by atoms with Gasteiger partial charge in [0.15, 0.2) is 5.82 Å². The van der Waals surface area contributed by atoms with Crippen LogP contribution in [0.2, 0.25) is 0 Å². The van der Waals surface area contributed by atoms with Crippen LogP contribution in [0.3, 0.4) is 0 Å². The minimum atomic E-state index is -0.424. The molecule has 1 atom stereocenters. The van der Waals surface area contributed by atoms with Gasteiger partial charge in [0.2, 0.25) is 0 Å². The van der Waals surface area contributed by atoms with Crippen molar-refractivity contribution in [3.05, 3.63) is 81.7 Å². The number of piperazine rings is 1. The Hall–Kier alpha value is -3.63. The molecule has 1 unspecified atom stereocenters. The monoisotopic (exact) mass is 477 g/mol. The van der Waals surface area contributed by atoms with Crippen LogP contribution in [0.1, 0.15) is 23.0 Å². The molecule has 1 N–H and O–H groups in total. The summed E-state index contributed by atoms with van der Waals surface area (Å²) in [4.78, 5) is 20.8. The van der Waals surface area contributed by atoms with Gasteiger partial charge in [0.1, 0.15) is 11.9 Å². The Labute approximate surface area is 202 Å². The fourth-order valence-corrected chi connectivity index (χ4v) is 4.67. The Morgan fingerprint density at radius 2 is 1.86 bits per heavy atom. The van der Waals surface area contributed by atoms with Crippen LogP contribution in [0.5, 0.6) is 0 Å². The quantitative estimate of drug-likeness (QED) is 0.437. The first kappa shape index (κ1) is 23.1. The molecule has 0 bridgehead atoms. The molecule has 182 valence electrons. The lowest BCUT2D eigenvalue weighted by Gasteiger charge is -2.39. The highest BCUT2D eigenvalue weighted by Gasteiger charge is 2.32. The molecule has 1 aliphatic heterocycles. The minimum Gasteiger partial charge on any atom is -0.383 e. The second kappa shape index (κ2) is 9.93. The number of hydrogen-bond donors (Lipinski definition) is 1. The van der Waals surface area contributed by atoms with Gasteiger partial charge in [0, 0.05) is 50.1 Å². The maximum absolute atomic E-state index is 13.4. The maximum Gasteiger partial charge on any atom is 0.253 e. The predicted molar refractivity (Wildman–Crippen MR) is 131 cm³/mol. The molecule has 1 aliphatic rings. The number of H-pyrrole nitrogens is 1. The molecule has 35 heavy (non-hydrogen) atoms. The fraction of sp³-hybridized carbons (Fsp3) is 0.360. The van der Waals surface area contributed by atoms with Crippen LogP contribution in [-0.2, 0) is 11.3 Å². The van der Waals surface area contributed by atoms with Gasteiger partial charge in [-0.3, -0.25) is 9.69 Å². The van der Waals surface area contributed by atoms with Crippen molar-refractivity contribution in [2.45, 2.75) is 19.5 Å². The van der Waals surface area contributed by atoms with Crippen LogP contribution in [0.15, 0.2) is 53.3 Å². The zero-order chi connectivity index (χ0) is 24.4. The van der Waals surface area contributed by atoms with Crippen LogP contribution >= 0.6 is 0 Å². The van der Waals surface area contributed by atoms with E-state index < -0.39 is 6.04 Å². The van der Waals surface area contributed by atoms with Crippen molar-refractivity contribution in [2.75, 3.05) is 44.8 Å². The van der Waals surface area contributed by atoms with Gasteiger partial charge in [-0.1, -0.05) is 12.1 Å². The summed E-state index contributed by atoms with van der Waals surface area (Å²) in [5, 5.41) is 13.4. The van der Waals surface area contributed by atoms with Crippen molar-refractivity contribution in [1.82, 2.24) is 30.1 Å². The molecule has 0 spiro atoms. The van der Waals surface area contributed by atoms with Gasteiger partial charge in [-0.25, -0.2) is 9.07 Å². The van der Waals surface area contributed by atoms with Crippen molar-refractivity contribution in [1.29, 1.82) is 0 Å². The van der Waals surface area contributed by atoms with Crippen LogP contribution < -0.4 is 10.5 Å². The molecule has 0 radical (unpaired) electrons. The molecular weight excluding hydrogens is 449 g/mol. The molecule has 3 heterocycles. The molecule has 9 nitrogen and oxygen atoms in total. The topological polar surface area (TPSA) is 92.2 Å². The zero-order valence-corrected chi connectivity index (χ0v) is 19.8. The molecule has 1 fully saturated rings. The van der Waals surface area contributed by atoms with E-state index in [1.54, 1.807) is 23.9 Å².